The minimum absolute atomic E-state index is 0.0360. The van der Waals surface area contributed by atoms with E-state index < -0.39 is 46.8 Å². The summed E-state index contributed by atoms with van der Waals surface area (Å²) in [6.45, 7) is 0. The second-order valence-electron chi connectivity index (χ2n) is 11.8. The number of rotatable bonds is 14. The van der Waals surface area contributed by atoms with Crippen LogP contribution >= 0.6 is 34.9 Å². The number of phenolic OH excluding ortho intramolecular Hbond substituents is 1. The number of primary amides is 1. The van der Waals surface area contributed by atoms with E-state index in [1.807, 2.05) is 31.1 Å². The number of aliphatic carboxylic acids is 1. The Morgan fingerprint density at radius 1 is 1.13 bits per heavy atom. The van der Waals surface area contributed by atoms with Crippen LogP contribution in [0.1, 0.15) is 11.6 Å². The number of nitrogens with two attached hydrogens (primary N) is 1. The third-order valence-electron chi connectivity index (χ3n) is 8.15. The molecule has 2 aromatic carbocycles. The first-order chi connectivity index (χ1) is 25.9. The van der Waals surface area contributed by atoms with Crippen LogP contribution in [0, 0.1) is 0 Å². The predicted molar refractivity (Wildman–Crippen MR) is 202 cm³/mol. The Balaban J connectivity index is 1.23. The van der Waals surface area contributed by atoms with Crippen LogP contribution in [0.3, 0.4) is 0 Å². The summed E-state index contributed by atoms with van der Waals surface area (Å²) < 4.78 is 0.470. The lowest BCUT2D eigenvalue weighted by molar-refractivity contribution is -0.150. The summed E-state index contributed by atoms with van der Waals surface area (Å²) >= 11 is 3.51. The fourth-order valence-corrected chi connectivity index (χ4v) is 8.81. The number of aromatic amines is 1. The summed E-state index contributed by atoms with van der Waals surface area (Å²) in [7, 11) is 3.79. The Hall–Kier alpha value is -6.13. The topological polar surface area (TPSA) is 269 Å². The van der Waals surface area contributed by atoms with E-state index in [-0.39, 0.29) is 45.3 Å². The number of aromatic nitrogens is 4. The van der Waals surface area contributed by atoms with E-state index in [0.29, 0.717) is 22.0 Å². The lowest BCUT2D eigenvalue weighted by atomic mass is 10.00. The summed E-state index contributed by atoms with van der Waals surface area (Å²) in [5.74, 6) is -2.72. The van der Waals surface area contributed by atoms with Crippen molar-refractivity contribution >= 4 is 93.2 Å². The summed E-state index contributed by atoms with van der Waals surface area (Å²) in [5.41, 5.74) is 6.45. The SMILES string of the molecule is CN(C)c1ccc(Nc2ncc(N(C(N)=O)C(C(=O)NC3C(=O)N4C(C(=O)O)=C(CSc5nnc(NC=O)s5)CS[C@@H]34)c3ccc(O)cc3)c(=O)[nH]2)cc1. The molecule has 0 radical (unpaired) electrons. The molecular weight excluding hydrogens is 763 g/mol. The maximum atomic E-state index is 14.1. The zero-order valence-electron chi connectivity index (χ0n) is 28.2. The van der Waals surface area contributed by atoms with Crippen molar-refractivity contribution in [3.05, 3.63) is 81.9 Å². The zero-order valence-corrected chi connectivity index (χ0v) is 30.7. The van der Waals surface area contributed by atoms with Gasteiger partial charge in [-0.1, -0.05) is 35.2 Å². The average Bonchev–Trinajstić information content (AvgIpc) is 3.59. The number of thioether (sulfide) groups is 2. The number of fused-ring (bicyclic) bond motifs is 1. The molecule has 0 spiro atoms. The lowest BCUT2D eigenvalue weighted by Gasteiger charge is -2.49. The summed E-state index contributed by atoms with van der Waals surface area (Å²) in [4.78, 5) is 87.8. The van der Waals surface area contributed by atoms with Gasteiger partial charge in [-0.3, -0.25) is 34.0 Å². The molecule has 8 N–H and O–H groups in total. The highest BCUT2D eigenvalue weighted by atomic mass is 32.2. The maximum absolute atomic E-state index is 14.1. The van der Waals surface area contributed by atoms with Gasteiger partial charge in [0.05, 0.1) is 6.20 Å². The number of carbonyl (C=O) groups is 5. The van der Waals surface area contributed by atoms with E-state index in [9.17, 15) is 39.0 Å². The normalized spacial score (nSPS) is 16.8. The van der Waals surface area contributed by atoms with Gasteiger partial charge in [0.15, 0.2) is 4.34 Å². The molecule has 0 bridgehead atoms. The number of urea groups is 1. The molecule has 1 fully saturated rings. The number of aromatic hydroxyl groups is 1. The lowest BCUT2D eigenvalue weighted by Crippen LogP contribution is -2.71. The van der Waals surface area contributed by atoms with Crippen molar-refractivity contribution in [3.8, 4) is 5.75 Å². The third kappa shape index (κ3) is 7.79. The fraction of sp³-hybridized carbons (Fsp3) is 0.219. The van der Waals surface area contributed by atoms with Crippen molar-refractivity contribution in [1.82, 2.24) is 30.4 Å². The van der Waals surface area contributed by atoms with Crippen LogP contribution in [0.2, 0.25) is 0 Å². The van der Waals surface area contributed by atoms with Crippen LogP contribution in [-0.2, 0) is 19.2 Å². The number of amides is 5. The van der Waals surface area contributed by atoms with Crippen LogP contribution in [0.15, 0.2) is 75.1 Å². The summed E-state index contributed by atoms with van der Waals surface area (Å²) in [5, 5.41) is 35.3. The Bertz CT molecular complexity index is 2190. The molecule has 6 rings (SSSR count). The van der Waals surface area contributed by atoms with Crippen molar-refractivity contribution < 1.29 is 34.2 Å². The molecule has 4 aromatic rings. The summed E-state index contributed by atoms with van der Waals surface area (Å²) in [6, 6.07) is 8.45. The largest absolute Gasteiger partial charge is 0.508 e. The van der Waals surface area contributed by atoms with Crippen LogP contribution in [0.25, 0.3) is 0 Å². The van der Waals surface area contributed by atoms with Crippen LogP contribution in [-0.4, -0.2) is 103 Å². The molecule has 0 saturated carbocycles. The molecular formula is C32H31N11O8S3. The number of phenols is 1. The average molecular weight is 794 g/mol. The molecule has 1 saturated heterocycles. The van der Waals surface area contributed by atoms with Gasteiger partial charge in [0.25, 0.3) is 11.5 Å². The van der Waals surface area contributed by atoms with E-state index >= 15 is 0 Å². The molecule has 22 heteroatoms. The van der Waals surface area contributed by atoms with E-state index in [2.05, 4.69) is 36.1 Å². The zero-order chi connectivity index (χ0) is 38.7. The first-order valence-corrected chi connectivity index (χ1v) is 18.6. The van der Waals surface area contributed by atoms with Crippen molar-refractivity contribution in [1.29, 1.82) is 0 Å². The Morgan fingerprint density at radius 2 is 1.85 bits per heavy atom. The van der Waals surface area contributed by atoms with Crippen molar-refractivity contribution in [2.75, 3.05) is 46.0 Å². The Labute approximate surface area is 318 Å². The third-order valence-corrected chi connectivity index (χ3v) is 11.6. The van der Waals surface area contributed by atoms with Crippen molar-refractivity contribution in [2.24, 2.45) is 5.73 Å². The smallest absolute Gasteiger partial charge is 0.352 e. The van der Waals surface area contributed by atoms with E-state index in [1.54, 1.807) is 12.1 Å². The van der Waals surface area contributed by atoms with E-state index in [4.69, 9.17) is 5.73 Å². The van der Waals surface area contributed by atoms with E-state index in [1.165, 1.54) is 47.8 Å². The van der Waals surface area contributed by atoms with Gasteiger partial charge < -0.3 is 36.8 Å². The highest BCUT2D eigenvalue weighted by molar-refractivity contribution is 8.02. The number of carboxylic acids is 1. The van der Waals surface area contributed by atoms with Gasteiger partial charge >= 0.3 is 12.0 Å². The van der Waals surface area contributed by atoms with Gasteiger partial charge in [-0.05, 0) is 47.5 Å². The van der Waals surface area contributed by atoms with Gasteiger partial charge in [0.1, 0.15) is 34.6 Å². The molecule has 0 aliphatic carbocycles. The fourth-order valence-electron chi connectivity index (χ4n) is 5.61. The number of hydrogen-bond acceptors (Lipinski definition) is 15. The number of nitrogens with one attached hydrogen (secondary N) is 4. The number of β-lactam (4-membered cyclic amide) rings is 1. The maximum Gasteiger partial charge on any atom is 0.352 e. The van der Waals surface area contributed by atoms with Gasteiger partial charge in [-0.15, -0.1) is 22.0 Å². The van der Waals surface area contributed by atoms with E-state index in [0.717, 1.165) is 33.0 Å². The molecule has 54 heavy (non-hydrogen) atoms. The first-order valence-electron chi connectivity index (χ1n) is 15.7. The molecule has 19 nitrogen and oxygen atoms in total. The Kier molecular flexibility index (Phi) is 11.0. The van der Waals surface area contributed by atoms with Gasteiger partial charge in [0.2, 0.25) is 23.4 Å². The molecule has 4 heterocycles. The van der Waals surface area contributed by atoms with Crippen molar-refractivity contribution in [2.45, 2.75) is 21.8 Å². The number of nitrogens with zero attached hydrogens (tertiary/aromatic N) is 6. The number of anilines is 5. The predicted octanol–water partition coefficient (Wildman–Crippen LogP) is 1.86. The monoisotopic (exact) mass is 793 g/mol. The standard InChI is InChI=1S/C32H31N11O8S3/c1-41(2)18-7-5-17(6-8-18)36-30-34-11-20(24(46)38-30)42(29(33)51)22(15-3-9-19(45)10-4-15)25(47)37-21-26(48)43-23(28(49)50)16(12-52-27(21)43)13-53-32-40-39-31(54-32)35-14-44/h3-11,14,21-22,27,45H,12-13H2,1-2H3,(H2,33,51)(H,37,47)(H,49,50)(H,35,39,44)(H2,34,36,38,46)/t21?,22?,27-/m0/s1. The molecule has 2 unspecified atom stereocenters. The second kappa shape index (κ2) is 15.9. The molecule has 5 amide bonds. The number of hydrogen-bond donors (Lipinski definition) is 7. The molecule has 2 aliphatic heterocycles. The minimum atomic E-state index is -1.63. The van der Waals surface area contributed by atoms with Gasteiger partial charge in [-0.2, -0.15) is 0 Å². The second-order valence-corrected chi connectivity index (χ2v) is 15.1. The van der Waals surface area contributed by atoms with Crippen LogP contribution < -0.4 is 37.0 Å². The van der Waals surface area contributed by atoms with Gasteiger partial charge in [0, 0.05) is 37.0 Å². The molecule has 2 aliphatic rings. The van der Waals surface area contributed by atoms with Crippen LogP contribution in [0.5, 0.6) is 5.75 Å². The molecule has 3 atom stereocenters. The number of H-pyrrole nitrogens is 1. The number of carboxylic acid groups (broad SMARTS) is 1. The molecule has 280 valence electrons. The quantitative estimate of drug-likeness (QED) is 0.0416. The summed E-state index contributed by atoms with van der Waals surface area (Å²) in [6.07, 6.45) is 1.53. The minimum Gasteiger partial charge on any atom is -0.508 e. The van der Waals surface area contributed by atoms with Crippen molar-refractivity contribution in [3.63, 3.8) is 0 Å². The number of carbonyl (C=O) groups excluding carboxylic acids is 4. The van der Waals surface area contributed by atoms with Crippen LogP contribution in [0.4, 0.5) is 32.9 Å². The highest BCUT2D eigenvalue weighted by Gasteiger charge is 2.55. The highest BCUT2D eigenvalue weighted by Crippen LogP contribution is 2.42. The number of benzene rings is 2. The Morgan fingerprint density at radius 3 is 2.48 bits per heavy atom. The first kappa shape index (κ1) is 37.6. The molecule has 2 aromatic heterocycles. The van der Waals surface area contributed by atoms with Gasteiger partial charge in [-0.25, -0.2) is 14.6 Å².